The quantitative estimate of drug-likeness (QED) is 0.622. The molecule has 0 saturated carbocycles. The van der Waals surface area contributed by atoms with Gasteiger partial charge in [0, 0.05) is 19.2 Å². The molecular weight excluding hydrogens is 334 g/mol. The average Bonchev–Trinajstić information content (AvgIpc) is 2.67. The van der Waals surface area contributed by atoms with Crippen LogP contribution < -0.4 is 19.5 Å². The second-order valence-corrected chi connectivity index (χ2v) is 5.54. The van der Waals surface area contributed by atoms with E-state index in [0.29, 0.717) is 32.7 Å². The zero-order valence-corrected chi connectivity index (χ0v) is 15.2. The standard InChI is InChI=1S/C20H25NO5/c1-23-14-15-26-18-7-5-16(6-8-18)21-20(22)4-3-13-25-19-11-9-17(24-2)10-12-19/h5-12H,3-4,13-15H2,1-2H3,(H,21,22). The minimum atomic E-state index is -0.0450. The minimum Gasteiger partial charge on any atom is -0.497 e. The maximum Gasteiger partial charge on any atom is 0.224 e. The van der Waals surface area contributed by atoms with Crippen molar-refractivity contribution in [2.45, 2.75) is 12.8 Å². The number of anilines is 1. The van der Waals surface area contributed by atoms with Crippen LogP contribution in [-0.4, -0.2) is 39.9 Å². The Kier molecular flexibility index (Phi) is 8.29. The van der Waals surface area contributed by atoms with Gasteiger partial charge in [-0.25, -0.2) is 0 Å². The number of hydrogen-bond donors (Lipinski definition) is 1. The topological polar surface area (TPSA) is 66.0 Å². The summed E-state index contributed by atoms with van der Waals surface area (Å²) in [5, 5.41) is 2.86. The van der Waals surface area contributed by atoms with E-state index in [1.165, 1.54) is 0 Å². The van der Waals surface area contributed by atoms with Crippen molar-refractivity contribution in [1.29, 1.82) is 0 Å². The van der Waals surface area contributed by atoms with E-state index in [9.17, 15) is 4.79 Å². The van der Waals surface area contributed by atoms with Crippen LogP contribution in [0.4, 0.5) is 5.69 Å². The summed E-state index contributed by atoms with van der Waals surface area (Å²) in [5.74, 6) is 2.24. The maximum atomic E-state index is 12.0. The van der Waals surface area contributed by atoms with E-state index in [4.69, 9.17) is 18.9 Å². The van der Waals surface area contributed by atoms with Crippen LogP contribution in [-0.2, 0) is 9.53 Å². The fraction of sp³-hybridized carbons (Fsp3) is 0.350. The molecule has 0 saturated heterocycles. The SMILES string of the molecule is COCCOc1ccc(NC(=O)CCCOc2ccc(OC)cc2)cc1. The van der Waals surface area contributed by atoms with Gasteiger partial charge in [-0.05, 0) is 55.0 Å². The number of hydrogen-bond acceptors (Lipinski definition) is 5. The van der Waals surface area contributed by atoms with Crippen molar-refractivity contribution in [2.75, 3.05) is 39.4 Å². The monoisotopic (exact) mass is 359 g/mol. The Morgan fingerprint density at radius 1 is 0.808 bits per heavy atom. The fourth-order valence-electron chi connectivity index (χ4n) is 2.20. The number of benzene rings is 2. The van der Waals surface area contributed by atoms with Gasteiger partial charge in [0.2, 0.25) is 5.91 Å². The Morgan fingerprint density at radius 3 is 2.00 bits per heavy atom. The van der Waals surface area contributed by atoms with Gasteiger partial charge in [-0.2, -0.15) is 0 Å². The lowest BCUT2D eigenvalue weighted by Crippen LogP contribution is -2.12. The van der Waals surface area contributed by atoms with Crippen molar-refractivity contribution in [2.24, 2.45) is 0 Å². The highest BCUT2D eigenvalue weighted by Crippen LogP contribution is 2.18. The first-order valence-electron chi connectivity index (χ1n) is 8.50. The molecule has 6 heteroatoms. The van der Waals surface area contributed by atoms with E-state index in [-0.39, 0.29) is 5.91 Å². The van der Waals surface area contributed by atoms with Gasteiger partial charge in [0.25, 0.3) is 0 Å². The highest BCUT2D eigenvalue weighted by atomic mass is 16.5. The first-order chi connectivity index (χ1) is 12.7. The Balaban J connectivity index is 1.64. The second-order valence-electron chi connectivity index (χ2n) is 5.54. The second kappa shape index (κ2) is 11.0. The van der Waals surface area contributed by atoms with Crippen molar-refractivity contribution < 1.29 is 23.7 Å². The largest absolute Gasteiger partial charge is 0.497 e. The minimum absolute atomic E-state index is 0.0450. The molecule has 0 heterocycles. The fourth-order valence-corrected chi connectivity index (χ4v) is 2.20. The van der Waals surface area contributed by atoms with Gasteiger partial charge in [0.15, 0.2) is 0 Å². The zero-order valence-electron chi connectivity index (χ0n) is 15.2. The lowest BCUT2D eigenvalue weighted by molar-refractivity contribution is -0.116. The Labute approximate surface area is 154 Å². The molecule has 2 aromatic rings. The first-order valence-corrected chi connectivity index (χ1v) is 8.50. The summed E-state index contributed by atoms with van der Waals surface area (Å²) in [6, 6.07) is 14.6. The highest BCUT2D eigenvalue weighted by Gasteiger charge is 2.03. The molecule has 1 amide bonds. The number of methoxy groups -OCH3 is 2. The van der Waals surface area contributed by atoms with Gasteiger partial charge in [-0.15, -0.1) is 0 Å². The number of carbonyl (C=O) groups excluding carboxylic acids is 1. The van der Waals surface area contributed by atoms with Crippen LogP contribution in [0.5, 0.6) is 17.2 Å². The van der Waals surface area contributed by atoms with Crippen LogP contribution in [0.25, 0.3) is 0 Å². The van der Waals surface area contributed by atoms with Crippen molar-refractivity contribution in [3.8, 4) is 17.2 Å². The number of carbonyl (C=O) groups is 1. The van der Waals surface area contributed by atoms with Gasteiger partial charge in [-0.3, -0.25) is 4.79 Å². The van der Waals surface area contributed by atoms with E-state index >= 15 is 0 Å². The molecule has 0 aromatic heterocycles. The van der Waals surface area contributed by atoms with Crippen LogP contribution in [0.1, 0.15) is 12.8 Å². The van der Waals surface area contributed by atoms with Crippen molar-refractivity contribution in [1.82, 2.24) is 0 Å². The third-order valence-electron chi connectivity index (χ3n) is 3.57. The van der Waals surface area contributed by atoms with Gasteiger partial charge in [0.05, 0.1) is 20.3 Å². The molecule has 1 N–H and O–H groups in total. The molecule has 0 aliphatic rings. The van der Waals surface area contributed by atoms with Crippen molar-refractivity contribution in [3.05, 3.63) is 48.5 Å². The van der Waals surface area contributed by atoms with Crippen LogP contribution in [0.15, 0.2) is 48.5 Å². The van der Waals surface area contributed by atoms with Crippen molar-refractivity contribution >= 4 is 11.6 Å². The van der Waals surface area contributed by atoms with E-state index in [1.54, 1.807) is 14.2 Å². The number of rotatable bonds is 11. The molecule has 0 radical (unpaired) electrons. The summed E-state index contributed by atoms with van der Waals surface area (Å²) >= 11 is 0. The third kappa shape index (κ3) is 7.03. The lowest BCUT2D eigenvalue weighted by atomic mass is 10.2. The van der Waals surface area contributed by atoms with Crippen LogP contribution in [0.2, 0.25) is 0 Å². The molecule has 6 nitrogen and oxygen atoms in total. The molecule has 2 rings (SSSR count). The average molecular weight is 359 g/mol. The molecule has 0 spiro atoms. The van der Waals surface area contributed by atoms with Crippen LogP contribution in [0, 0.1) is 0 Å². The normalized spacial score (nSPS) is 10.2. The summed E-state index contributed by atoms with van der Waals surface area (Å²) in [6.45, 7) is 1.51. The Hall–Kier alpha value is -2.73. The molecule has 26 heavy (non-hydrogen) atoms. The van der Waals surface area contributed by atoms with E-state index in [0.717, 1.165) is 22.9 Å². The number of nitrogens with one attached hydrogen (secondary N) is 1. The number of ether oxygens (including phenoxy) is 4. The predicted octanol–water partition coefficient (Wildman–Crippen LogP) is 3.52. The molecule has 0 aliphatic carbocycles. The van der Waals surface area contributed by atoms with Gasteiger partial charge in [-0.1, -0.05) is 0 Å². The van der Waals surface area contributed by atoms with Crippen LogP contribution in [0.3, 0.4) is 0 Å². The van der Waals surface area contributed by atoms with Crippen molar-refractivity contribution in [3.63, 3.8) is 0 Å². The maximum absolute atomic E-state index is 12.0. The van der Waals surface area contributed by atoms with Crippen LogP contribution >= 0.6 is 0 Å². The third-order valence-corrected chi connectivity index (χ3v) is 3.57. The molecule has 0 bridgehead atoms. The molecule has 2 aromatic carbocycles. The summed E-state index contributed by atoms with van der Waals surface area (Å²) in [6.07, 6.45) is 1.03. The molecular formula is C20H25NO5. The van der Waals surface area contributed by atoms with E-state index in [1.807, 2.05) is 48.5 Å². The summed E-state index contributed by atoms with van der Waals surface area (Å²) in [4.78, 5) is 12.0. The van der Waals surface area contributed by atoms with Gasteiger partial charge >= 0.3 is 0 Å². The zero-order chi connectivity index (χ0) is 18.6. The molecule has 140 valence electrons. The first kappa shape index (κ1) is 19.6. The summed E-state index contributed by atoms with van der Waals surface area (Å²) in [7, 11) is 3.25. The lowest BCUT2D eigenvalue weighted by Gasteiger charge is -2.09. The predicted molar refractivity (Wildman–Crippen MR) is 100 cm³/mol. The van der Waals surface area contributed by atoms with Gasteiger partial charge < -0.3 is 24.3 Å². The Bertz CT molecular complexity index is 655. The molecule has 0 atom stereocenters. The number of amides is 1. The Morgan fingerprint density at radius 2 is 1.38 bits per heavy atom. The summed E-state index contributed by atoms with van der Waals surface area (Å²) < 4.78 is 21.1. The van der Waals surface area contributed by atoms with Gasteiger partial charge in [0.1, 0.15) is 23.9 Å². The molecule has 0 aliphatic heterocycles. The summed E-state index contributed by atoms with van der Waals surface area (Å²) in [5.41, 5.74) is 0.741. The molecule has 0 fully saturated rings. The highest BCUT2D eigenvalue weighted by molar-refractivity contribution is 5.90. The van der Waals surface area contributed by atoms with E-state index < -0.39 is 0 Å². The van der Waals surface area contributed by atoms with E-state index in [2.05, 4.69) is 5.32 Å². The molecule has 0 unspecified atom stereocenters. The smallest absolute Gasteiger partial charge is 0.224 e.